The highest BCUT2D eigenvalue weighted by Crippen LogP contribution is 2.45. The molecule has 1 aromatic carbocycles. The Labute approximate surface area is 347 Å². The van der Waals surface area contributed by atoms with Crippen LogP contribution >= 0.6 is 0 Å². The maximum Gasteiger partial charge on any atom is 0.513 e. The van der Waals surface area contributed by atoms with Crippen molar-refractivity contribution in [1.82, 2.24) is 9.97 Å². The van der Waals surface area contributed by atoms with E-state index in [0.29, 0.717) is 18.1 Å². The van der Waals surface area contributed by atoms with Gasteiger partial charge in [-0.05, 0) is 119 Å². The molecule has 0 amide bonds. The molecule has 1 aliphatic rings. The summed E-state index contributed by atoms with van der Waals surface area (Å²) in [7, 11) is 0. The van der Waals surface area contributed by atoms with Crippen LogP contribution in [-0.4, -0.2) is 53.5 Å². The summed E-state index contributed by atoms with van der Waals surface area (Å²) >= 11 is 0. The van der Waals surface area contributed by atoms with Gasteiger partial charge in [-0.2, -0.15) is 0 Å². The molecule has 2 aromatic heterocycles. The molecule has 3 aromatic rings. The lowest BCUT2D eigenvalue weighted by Gasteiger charge is -2.38. The van der Waals surface area contributed by atoms with Gasteiger partial charge < -0.3 is 23.7 Å². The normalized spacial score (nSPS) is 16.2. The smallest absolute Gasteiger partial charge is 0.487 e. The first kappa shape index (κ1) is 46.2. The van der Waals surface area contributed by atoms with Crippen LogP contribution in [0, 0.1) is 43.9 Å². The Morgan fingerprint density at radius 2 is 1.29 bits per heavy atom. The van der Waals surface area contributed by atoms with E-state index in [2.05, 4.69) is 44.6 Å². The van der Waals surface area contributed by atoms with Gasteiger partial charge in [0.25, 0.3) is 0 Å². The molecule has 1 aliphatic heterocycles. The van der Waals surface area contributed by atoms with Gasteiger partial charge >= 0.3 is 18.1 Å². The van der Waals surface area contributed by atoms with Gasteiger partial charge in [-0.15, -0.1) is 0 Å². The second-order valence-electron chi connectivity index (χ2n) is 17.6. The number of hydrogen-bond acceptors (Lipinski definition) is 10. The Kier molecular flexibility index (Phi) is 17.6. The zero-order valence-electron chi connectivity index (χ0n) is 36.6. The lowest BCUT2D eigenvalue weighted by molar-refractivity contribution is -0.0382. The van der Waals surface area contributed by atoms with Crippen LogP contribution in [0.15, 0.2) is 49.1 Å². The molecular formula is C48H68N2O8. The molecule has 0 aliphatic carbocycles. The molecule has 58 heavy (non-hydrogen) atoms. The van der Waals surface area contributed by atoms with Crippen LogP contribution in [0.25, 0.3) is 0 Å². The molecule has 0 saturated carbocycles. The largest absolute Gasteiger partial charge is 0.513 e. The summed E-state index contributed by atoms with van der Waals surface area (Å²) < 4.78 is 29.8. The Morgan fingerprint density at radius 3 is 1.81 bits per heavy atom. The maximum absolute atomic E-state index is 13.4. The van der Waals surface area contributed by atoms with Crippen LogP contribution in [0.2, 0.25) is 0 Å². The minimum Gasteiger partial charge on any atom is -0.487 e. The van der Waals surface area contributed by atoms with Crippen molar-refractivity contribution in [2.45, 2.75) is 145 Å². The average Bonchev–Trinajstić information content (AvgIpc) is 3.21. The number of rotatable bonds is 22. The maximum atomic E-state index is 13.4. The lowest BCUT2D eigenvalue weighted by atomic mass is 9.83. The number of pyridine rings is 2. The second-order valence-corrected chi connectivity index (χ2v) is 17.6. The highest BCUT2D eigenvalue weighted by Gasteiger charge is 2.37. The standard InChI is InChI=1S/C48H68N2O8/c1-10-48(30-54-44(51)39-21-14-26-49-28-39,31-55-45(52)40-22-15-27-50-29-40)32-56-46(53)57-42-36(6)37(7)43-41(38(42)8)23-25-47(9,58-43)24-13-20-35(5)19-12-18-34(4)17-11-16-33(2)3/h14-15,21-22,26-29,33-35H,10-13,16-20,23-25,30-32H2,1-9H3. The fraction of sp³-hybridized carbons (Fsp3) is 0.604. The molecule has 10 heteroatoms. The van der Waals surface area contributed by atoms with Crippen molar-refractivity contribution < 1.29 is 38.1 Å². The molecule has 0 bridgehead atoms. The molecule has 0 N–H and O–H groups in total. The summed E-state index contributed by atoms with van der Waals surface area (Å²) in [5.74, 6) is 2.46. The third-order valence-electron chi connectivity index (χ3n) is 12.1. The van der Waals surface area contributed by atoms with Gasteiger partial charge in [-0.25, -0.2) is 14.4 Å². The number of esters is 2. The summed E-state index contributed by atoms with van der Waals surface area (Å²) in [5, 5.41) is 0. The monoisotopic (exact) mass is 800 g/mol. The number of hydrogen-bond donors (Lipinski definition) is 0. The molecule has 0 spiro atoms. The SMILES string of the molecule is CCC(COC(=O)Oc1c(C)c(C)c2c(c1C)CCC(C)(CCCC(C)CCCC(C)CCCC(C)C)O2)(COC(=O)c1cccnc1)COC(=O)c1cccnc1. The van der Waals surface area contributed by atoms with E-state index in [1.165, 1.54) is 57.3 Å². The fourth-order valence-electron chi connectivity index (χ4n) is 7.74. The molecule has 0 radical (unpaired) electrons. The Hall–Kier alpha value is -4.47. The van der Waals surface area contributed by atoms with Crippen molar-refractivity contribution in [3.05, 3.63) is 82.4 Å². The van der Waals surface area contributed by atoms with E-state index in [4.69, 9.17) is 23.7 Å². The Bertz CT molecular complexity index is 1720. The number of fused-ring (bicyclic) bond motifs is 1. The van der Waals surface area contributed by atoms with E-state index in [9.17, 15) is 14.4 Å². The van der Waals surface area contributed by atoms with Gasteiger partial charge in [-0.3, -0.25) is 9.97 Å². The molecule has 3 heterocycles. The predicted molar refractivity (Wildman–Crippen MR) is 226 cm³/mol. The summed E-state index contributed by atoms with van der Waals surface area (Å²) in [6.07, 6.45) is 18.4. The first-order chi connectivity index (χ1) is 27.7. The molecule has 0 saturated heterocycles. The minimum atomic E-state index is -1.06. The van der Waals surface area contributed by atoms with Crippen molar-refractivity contribution in [3.8, 4) is 11.5 Å². The summed E-state index contributed by atoms with van der Waals surface area (Å²) in [4.78, 5) is 47.1. The Balaban J connectivity index is 1.35. The fourth-order valence-corrected chi connectivity index (χ4v) is 7.74. The molecular weight excluding hydrogens is 733 g/mol. The first-order valence-corrected chi connectivity index (χ1v) is 21.5. The lowest BCUT2D eigenvalue weighted by Crippen LogP contribution is -2.39. The van der Waals surface area contributed by atoms with E-state index in [-0.39, 0.29) is 36.5 Å². The van der Waals surface area contributed by atoms with Crippen LogP contribution in [0.5, 0.6) is 11.5 Å². The number of carbonyl (C=O) groups excluding carboxylic acids is 3. The second kappa shape index (κ2) is 22.1. The van der Waals surface area contributed by atoms with Crippen LogP contribution in [-0.2, 0) is 20.6 Å². The number of nitrogens with zero attached hydrogens (tertiary/aromatic N) is 2. The van der Waals surface area contributed by atoms with Gasteiger partial charge in [0.05, 0.1) is 16.5 Å². The van der Waals surface area contributed by atoms with E-state index in [1.54, 1.807) is 36.7 Å². The van der Waals surface area contributed by atoms with Crippen LogP contribution < -0.4 is 9.47 Å². The van der Waals surface area contributed by atoms with Gasteiger partial charge in [0.2, 0.25) is 0 Å². The number of aromatic nitrogens is 2. The van der Waals surface area contributed by atoms with Gasteiger partial charge in [0, 0.05) is 30.4 Å². The summed E-state index contributed by atoms with van der Waals surface area (Å²) in [5.41, 5.74) is 2.87. The van der Waals surface area contributed by atoms with Crippen LogP contribution in [0.3, 0.4) is 0 Å². The molecule has 0 fully saturated rings. The van der Waals surface area contributed by atoms with E-state index in [1.807, 2.05) is 27.7 Å². The van der Waals surface area contributed by atoms with Crippen molar-refractivity contribution >= 4 is 18.1 Å². The molecule has 3 unspecified atom stereocenters. The van der Waals surface area contributed by atoms with Gasteiger partial charge in [0.1, 0.15) is 36.9 Å². The summed E-state index contributed by atoms with van der Waals surface area (Å²) in [6.45, 7) is 18.8. The number of ether oxygens (including phenoxy) is 5. The van der Waals surface area contributed by atoms with Gasteiger partial charge in [0.15, 0.2) is 0 Å². The summed E-state index contributed by atoms with van der Waals surface area (Å²) in [6, 6.07) is 6.46. The number of carbonyl (C=O) groups is 3. The van der Waals surface area contributed by atoms with Crippen molar-refractivity contribution in [2.75, 3.05) is 19.8 Å². The minimum absolute atomic E-state index is 0.187. The highest BCUT2D eigenvalue weighted by molar-refractivity contribution is 5.89. The van der Waals surface area contributed by atoms with E-state index in [0.717, 1.165) is 65.5 Å². The van der Waals surface area contributed by atoms with E-state index >= 15 is 0 Å². The average molecular weight is 801 g/mol. The van der Waals surface area contributed by atoms with E-state index < -0.39 is 23.5 Å². The molecule has 4 rings (SSSR count). The zero-order chi connectivity index (χ0) is 42.3. The third kappa shape index (κ3) is 13.6. The first-order valence-electron chi connectivity index (χ1n) is 21.5. The van der Waals surface area contributed by atoms with Crippen molar-refractivity contribution in [3.63, 3.8) is 0 Å². The highest BCUT2D eigenvalue weighted by atomic mass is 16.7. The van der Waals surface area contributed by atoms with Crippen molar-refractivity contribution in [1.29, 1.82) is 0 Å². The van der Waals surface area contributed by atoms with Crippen LogP contribution in [0.1, 0.15) is 155 Å². The molecule has 318 valence electrons. The molecule has 3 atom stereocenters. The predicted octanol–water partition coefficient (Wildman–Crippen LogP) is 11.6. The van der Waals surface area contributed by atoms with Crippen LogP contribution in [0.4, 0.5) is 4.79 Å². The Morgan fingerprint density at radius 1 is 0.759 bits per heavy atom. The van der Waals surface area contributed by atoms with Crippen molar-refractivity contribution in [2.24, 2.45) is 23.2 Å². The topological polar surface area (TPSA) is 123 Å². The number of benzene rings is 1. The molecule has 10 nitrogen and oxygen atoms in total. The quantitative estimate of drug-likeness (QED) is 0.0551. The zero-order valence-corrected chi connectivity index (χ0v) is 36.6. The van der Waals surface area contributed by atoms with Gasteiger partial charge in [-0.1, -0.05) is 79.6 Å². The third-order valence-corrected chi connectivity index (χ3v) is 12.1.